The fraction of sp³-hybridized carbons (Fsp3) is 0.360. The Bertz CT molecular complexity index is 1200. The zero-order chi connectivity index (χ0) is 24.7. The Balaban J connectivity index is 1.17. The number of halogens is 1. The van der Waals surface area contributed by atoms with Crippen LogP contribution in [0.1, 0.15) is 17.5 Å². The van der Waals surface area contributed by atoms with Gasteiger partial charge >= 0.3 is 0 Å². The van der Waals surface area contributed by atoms with Gasteiger partial charge in [0, 0.05) is 56.7 Å². The van der Waals surface area contributed by atoms with Gasteiger partial charge in [-0.25, -0.2) is 23.1 Å². The van der Waals surface area contributed by atoms with Crippen molar-refractivity contribution in [3.05, 3.63) is 77.1 Å². The fourth-order valence-corrected chi connectivity index (χ4v) is 5.50. The van der Waals surface area contributed by atoms with Crippen molar-refractivity contribution in [2.24, 2.45) is 0 Å². The second-order valence-corrected chi connectivity index (χ2v) is 10.6. The van der Waals surface area contributed by atoms with Gasteiger partial charge in [0.25, 0.3) is 0 Å². The third kappa shape index (κ3) is 6.91. The van der Waals surface area contributed by atoms with E-state index in [0.717, 1.165) is 44.4 Å². The molecule has 0 amide bonds. The number of ether oxygens (including phenoxy) is 1. The predicted molar refractivity (Wildman–Crippen MR) is 137 cm³/mol. The van der Waals surface area contributed by atoms with Crippen molar-refractivity contribution in [1.82, 2.24) is 19.6 Å². The van der Waals surface area contributed by atoms with Crippen LogP contribution in [0, 0.1) is 6.92 Å². The van der Waals surface area contributed by atoms with Crippen molar-refractivity contribution in [3.63, 3.8) is 0 Å². The summed E-state index contributed by atoms with van der Waals surface area (Å²) in [4.78, 5) is 13.5. The fourth-order valence-electron chi connectivity index (χ4n) is 3.94. The molecule has 0 spiro atoms. The highest BCUT2D eigenvalue weighted by Gasteiger charge is 2.19. The number of aromatic nitrogens is 2. The molecule has 1 saturated heterocycles. The molecule has 0 radical (unpaired) electrons. The van der Waals surface area contributed by atoms with Gasteiger partial charge in [-0.15, -0.1) is 0 Å². The van der Waals surface area contributed by atoms with Crippen molar-refractivity contribution < 1.29 is 13.2 Å². The average molecular weight is 516 g/mol. The normalized spacial score (nSPS) is 14.7. The molecule has 1 aliphatic heterocycles. The number of hydrogen-bond acceptors (Lipinski definition) is 7. The van der Waals surface area contributed by atoms with E-state index in [4.69, 9.17) is 16.3 Å². The van der Waals surface area contributed by atoms with E-state index in [1.807, 2.05) is 18.2 Å². The first kappa shape index (κ1) is 25.4. The van der Waals surface area contributed by atoms with Gasteiger partial charge in [-0.1, -0.05) is 29.8 Å². The summed E-state index contributed by atoms with van der Waals surface area (Å²) in [5, 5.41) is 0.434. The lowest BCUT2D eigenvalue weighted by Crippen LogP contribution is -2.46. The standard InChI is InChI=1S/C25H30ClN5O3S/c1-20-23(26)5-2-6-24(20)35(32,33)29-13-4-18-34-22-9-7-21(8-10-22)19-30-14-16-31(17-15-30)25-27-11-3-12-28-25/h2-3,5-12,29H,4,13-19H2,1H3. The summed E-state index contributed by atoms with van der Waals surface area (Å²) < 4.78 is 33.4. The SMILES string of the molecule is Cc1c(Cl)cccc1S(=O)(=O)NCCCOc1ccc(CN2CCN(c3ncccn3)CC2)cc1. The molecule has 0 unspecified atom stereocenters. The molecule has 1 N–H and O–H groups in total. The van der Waals surface area contributed by atoms with E-state index >= 15 is 0 Å². The van der Waals surface area contributed by atoms with Crippen LogP contribution >= 0.6 is 11.6 Å². The van der Waals surface area contributed by atoms with Crippen LogP contribution in [0.2, 0.25) is 5.02 Å². The van der Waals surface area contributed by atoms with Gasteiger partial charge in [-0.3, -0.25) is 4.90 Å². The number of anilines is 1. The van der Waals surface area contributed by atoms with Gasteiger partial charge in [-0.05, 0) is 54.8 Å². The van der Waals surface area contributed by atoms with Crippen LogP contribution in [0.3, 0.4) is 0 Å². The van der Waals surface area contributed by atoms with E-state index in [2.05, 4.69) is 36.6 Å². The summed E-state index contributed by atoms with van der Waals surface area (Å²) >= 11 is 6.04. The number of sulfonamides is 1. The van der Waals surface area contributed by atoms with Crippen molar-refractivity contribution in [3.8, 4) is 5.75 Å². The molecule has 10 heteroatoms. The Morgan fingerprint density at radius 3 is 2.43 bits per heavy atom. The first-order valence-corrected chi connectivity index (χ1v) is 13.5. The van der Waals surface area contributed by atoms with Gasteiger partial charge in [-0.2, -0.15) is 0 Å². The molecular formula is C25H30ClN5O3S. The Morgan fingerprint density at radius 1 is 1.00 bits per heavy atom. The molecular weight excluding hydrogens is 486 g/mol. The molecule has 186 valence electrons. The molecule has 0 aliphatic carbocycles. The van der Waals surface area contributed by atoms with E-state index in [-0.39, 0.29) is 11.4 Å². The van der Waals surface area contributed by atoms with Gasteiger partial charge in [0.15, 0.2) is 0 Å². The van der Waals surface area contributed by atoms with E-state index in [9.17, 15) is 8.42 Å². The number of nitrogens with zero attached hydrogens (tertiary/aromatic N) is 4. The van der Waals surface area contributed by atoms with Gasteiger partial charge in [0.05, 0.1) is 11.5 Å². The molecule has 1 fully saturated rings. The lowest BCUT2D eigenvalue weighted by Gasteiger charge is -2.34. The molecule has 1 aliphatic rings. The second kappa shape index (κ2) is 11.8. The van der Waals surface area contributed by atoms with Crippen LogP contribution in [0.4, 0.5) is 5.95 Å². The van der Waals surface area contributed by atoms with E-state index in [1.165, 1.54) is 5.56 Å². The molecule has 0 bridgehead atoms. The minimum atomic E-state index is -3.60. The minimum absolute atomic E-state index is 0.205. The van der Waals surface area contributed by atoms with Crippen LogP contribution in [0.15, 0.2) is 65.8 Å². The lowest BCUT2D eigenvalue weighted by molar-refractivity contribution is 0.248. The first-order valence-electron chi connectivity index (χ1n) is 11.6. The average Bonchev–Trinajstić information content (AvgIpc) is 2.87. The van der Waals surface area contributed by atoms with Gasteiger partial charge in [0.2, 0.25) is 16.0 Å². The molecule has 8 nitrogen and oxygen atoms in total. The quantitative estimate of drug-likeness (QED) is 0.413. The number of nitrogens with one attached hydrogen (secondary N) is 1. The Labute approximate surface area is 212 Å². The molecule has 2 heterocycles. The first-order chi connectivity index (χ1) is 16.9. The van der Waals surface area contributed by atoms with Crippen LogP contribution < -0.4 is 14.4 Å². The highest BCUT2D eigenvalue weighted by molar-refractivity contribution is 7.89. The Morgan fingerprint density at radius 2 is 1.71 bits per heavy atom. The van der Waals surface area contributed by atoms with Gasteiger partial charge < -0.3 is 9.64 Å². The molecule has 35 heavy (non-hydrogen) atoms. The number of rotatable bonds is 10. The summed E-state index contributed by atoms with van der Waals surface area (Å²) in [7, 11) is -3.60. The zero-order valence-electron chi connectivity index (χ0n) is 19.7. The third-order valence-corrected chi connectivity index (χ3v) is 7.94. The van der Waals surface area contributed by atoms with E-state index < -0.39 is 10.0 Å². The van der Waals surface area contributed by atoms with Crippen LogP contribution in [-0.4, -0.2) is 62.6 Å². The zero-order valence-corrected chi connectivity index (χ0v) is 21.3. The topological polar surface area (TPSA) is 87.7 Å². The van der Waals surface area contributed by atoms with Crippen molar-refractivity contribution in [2.45, 2.75) is 24.8 Å². The highest BCUT2D eigenvalue weighted by Crippen LogP contribution is 2.22. The van der Waals surface area contributed by atoms with E-state index in [1.54, 1.807) is 37.5 Å². The highest BCUT2D eigenvalue weighted by atomic mass is 35.5. The maximum absolute atomic E-state index is 12.5. The summed E-state index contributed by atoms with van der Waals surface area (Å²) in [6.45, 7) is 7.02. The Hall–Kier alpha value is -2.72. The monoisotopic (exact) mass is 515 g/mol. The van der Waals surface area contributed by atoms with Gasteiger partial charge in [0.1, 0.15) is 5.75 Å². The summed E-state index contributed by atoms with van der Waals surface area (Å²) in [6.07, 6.45) is 4.10. The molecule has 3 aromatic rings. The summed E-state index contributed by atoms with van der Waals surface area (Å²) in [6, 6.07) is 14.8. The Kier molecular flexibility index (Phi) is 8.56. The maximum Gasteiger partial charge on any atom is 0.240 e. The number of piperazine rings is 1. The maximum atomic E-state index is 12.5. The third-order valence-electron chi connectivity index (χ3n) is 5.93. The predicted octanol–water partition coefficient (Wildman–Crippen LogP) is 3.51. The van der Waals surface area contributed by atoms with Crippen molar-refractivity contribution in [2.75, 3.05) is 44.2 Å². The number of hydrogen-bond donors (Lipinski definition) is 1. The smallest absolute Gasteiger partial charge is 0.240 e. The molecule has 0 atom stereocenters. The largest absolute Gasteiger partial charge is 0.494 e. The summed E-state index contributed by atoms with van der Waals surface area (Å²) in [5.74, 6) is 1.56. The molecule has 0 saturated carbocycles. The molecule has 1 aromatic heterocycles. The van der Waals surface area contributed by atoms with Crippen molar-refractivity contribution in [1.29, 1.82) is 0 Å². The van der Waals surface area contributed by atoms with Crippen LogP contribution in [0.25, 0.3) is 0 Å². The number of benzene rings is 2. The minimum Gasteiger partial charge on any atom is -0.494 e. The lowest BCUT2D eigenvalue weighted by atomic mass is 10.2. The van der Waals surface area contributed by atoms with Crippen LogP contribution in [0.5, 0.6) is 5.75 Å². The van der Waals surface area contributed by atoms with Crippen LogP contribution in [-0.2, 0) is 16.6 Å². The van der Waals surface area contributed by atoms with E-state index in [0.29, 0.717) is 23.6 Å². The van der Waals surface area contributed by atoms with Crippen molar-refractivity contribution >= 4 is 27.6 Å². The molecule has 2 aromatic carbocycles. The summed E-state index contributed by atoms with van der Waals surface area (Å²) in [5.41, 5.74) is 1.77. The molecule has 4 rings (SSSR count). The second-order valence-electron chi connectivity index (χ2n) is 8.42.